The zero-order valence-corrected chi connectivity index (χ0v) is 12.9. The van der Waals surface area contributed by atoms with Crippen molar-refractivity contribution in [3.63, 3.8) is 0 Å². The van der Waals surface area contributed by atoms with Gasteiger partial charge in [-0.15, -0.1) is 0 Å². The highest BCUT2D eigenvalue weighted by molar-refractivity contribution is 6.01. The van der Waals surface area contributed by atoms with Crippen molar-refractivity contribution in [2.24, 2.45) is 0 Å². The molecule has 0 fully saturated rings. The molecule has 3 aromatic rings. The molecule has 0 amide bonds. The largest absolute Gasteiger partial charge is 0.481 e. The van der Waals surface area contributed by atoms with Crippen molar-refractivity contribution in [2.45, 2.75) is 20.3 Å². The van der Waals surface area contributed by atoms with E-state index in [1.54, 1.807) is 12.1 Å². The van der Waals surface area contributed by atoms with Crippen molar-refractivity contribution in [2.75, 3.05) is 0 Å². The molecule has 0 aliphatic rings. The normalized spacial score (nSPS) is 10.9. The number of Topliss-reactive ketones (excluding diaryl/α,β-unsaturated/α-hetero) is 1. The Hall–Kier alpha value is -2.88. The van der Waals surface area contributed by atoms with Gasteiger partial charge in [-0.25, -0.2) is 0 Å². The minimum Gasteiger partial charge on any atom is -0.481 e. The number of carboxylic acids is 1. The molecule has 0 bridgehead atoms. The zero-order valence-electron chi connectivity index (χ0n) is 12.9. The molecule has 23 heavy (non-hydrogen) atoms. The van der Waals surface area contributed by atoms with Crippen molar-refractivity contribution >= 4 is 22.7 Å². The van der Waals surface area contributed by atoms with Crippen LogP contribution in [0.2, 0.25) is 0 Å². The summed E-state index contributed by atoms with van der Waals surface area (Å²) >= 11 is 0. The van der Waals surface area contributed by atoms with Crippen molar-refractivity contribution in [3.8, 4) is 11.3 Å². The highest BCUT2D eigenvalue weighted by Gasteiger charge is 2.20. The number of fused-ring (bicyclic) bond motifs is 1. The van der Waals surface area contributed by atoms with Crippen LogP contribution in [0.5, 0.6) is 0 Å². The summed E-state index contributed by atoms with van der Waals surface area (Å²) in [5.41, 5.74) is 3.43. The molecule has 1 aromatic heterocycles. The van der Waals surface area contributed by atoms with E-state index in [2.05, 4.69) is 0 Å². The quantitative estimate of drug-likeness (QED) is 0.732. The van der Waals surface area contributed by atoms with E-state index in [4.69, 9.17) is 4.42 Å². The molecule has 3 rings (SSSR count). The zero-order chi connectivity index (χ0) is 16.6. The molecular formula is C19H16O4. The average molecular weight is 308 g/mol. The molecule has 0 saturated heterocycles. The fourth-order valence-corrected chi connectivity index (χ4v) is 2.77. The first-order valence-electron chi connectivity index (χ1n) is 7.31. The van der Waals surface area contributed by atoms with Crippen molar-refractivity contribution in [1.29, 1.82) is 0 Å². The first-order valence-corrected chi connectivity index (χ1v) is 7.31. The third-order valence-corrected chi connectivity index (χ3v) is 3.85. The number of ketones is 1. The Kier molecular flexibility index (Phi) is 3.74. The summed E-state index contributed by atoms with van der Waals surface area (Å²) < 4.78 is 5.98. The van der Waals surface area contributed by atoms with Gasteiger partial charge in [-0.05, 0) is 31.5 Å². The van der Waals surface area contributed by atoms with Crippen LogP contribution < -0.4 is 0 Å². The van der Waals surface area contributed by atoms with Gasteiger partial charge in [0.05, 0.1) is 6.42 Å². The van der Waals surface area contributed by atoms with Crippen LogP contribution in [0.3, 0.4) is 0 Å². The monoisotopic (exact) mass is 308 g/mol. The van der Waals surface area contributed by atoms with E-state index in [9.17, 15) is 14.7 Å². The fraction of sp³-hybridized carbons (Fsp3) is 0.158. The van der Waals surface area contributed by atoms with Crippen LogP contribution in [-0.2, 0) is 11.2 Å². The Labute approximate surface area is 133 Å². The number of rotatable bonds is 4. The van der Waals surface area contributed by atoms with Crippen molar-refractivity contribution < 1.29 is 19.1 Å². The molecule has 4 heteroatoms. The third-order valence-electron chi connectivity index (χ3n) is 3.85. The molecule has 0 atom stereocenters. The molecule has 4 nitrogen and oxygen atoms in total. The van der Waals surface area contributed by atoms with Crippen LogP contribution in [0.25, 0.3) is 22.3 Å². The lowest BCUT2D eigenvalue weighted by Gasteiger charge is -2.02. The Morgan fingerprint density at radius 1 is 1.13 bits per heavy atom. The fourth-order valence-electron chi connectivity index (χ4n) is 2.77. The van der Waals surface area contributed by atoms with E-state index in [0.29, 0.717) is 27.9 Å². The molecule has 0 aliphatic carbocycles. The number of benzene rings is 2. The maximum Gasteiger partial charge on any atom is 0.307 e. The number of carbonyl (C=O) groups is 2. The topological polar surface area (TPSA) is 67.5 Å². The van der Waals surface area contributed by atoms with Gasteiger partial charge in [0, 0.05) is 22.1 Å². The lowest BCUT2D eigenvalue weighted by molar-refractivity contribution is -0.136. The highest BCUT2D eigenvalue weighted by atomic mass is 16.4. The summed E-state index contributed by atoms with van der Waals surface area (Å²) in [6, 6.07) is 12.9. The number of carboxylic acid groups (broad SMARTS) is 1. The summed E-state index contributed by atoms with van der Waals surface area (Å²) in [5, 5.41) is 9.95. The van der Waals surface area contributed by atoms with Gasteiger partial charge in [0.1, 0.15) is 11.3 Å². The van der Waals surface area contributed by atoms with Crippen LogP contribution in [-0.4, -0.2) is 16.9 Å². The van der Waals surface area contributed by atoms with Gasteiger partial charge in [-0.1, -0.05) is 30.3 Å². The van der Waals surface area contributed by atoms with Crippen molar-refractivity contribution in [3.05, 3.63) is 59.2 Å². The molecule has 0 spiro atoms. The van der Waals surface area contributed by atoms with Gasteiger partial charge < -0.3 is 9.52 Å². The number of carbonyl (C=O) groups excluding carboxylic acids is 1. The van der Waals surface area contributed by atoms with Gasteiger partial charge in [0.2, 0.25) is 0 Å². The molecule has 0 saturated carbocycles. The van der Waals surface area contributed by atoms with Crippen LogP contribution in [0, 0.1) is 6.92 Å². The molecule has 2 aromatic carbocycles. The number of aliphatic carboxylic acids is 1. The molecular weight excluding hydrogens is 292 g/mol. The Morgan fingerprint density at radius 2 is 1.83 bits per heavy atom. The first kappa shape index (κ1) is 15.0. The summed E-state index contributed by atoms with van der Waals surface area (Å²) in [5.74, 6) is -0.443. The molecule has 0 unspecified atom stereocenters. The highest BCUT2D eigenvalue weighted by Crippen LogP contribution is 2.36. The average Bonchev–Trinajstić information content (AvgIpc) is 2.87. The minimum absolute atomic E-state index is 0.0567. The maximum absolute atomic E-state index is 11.7. The Morgan fingerprint density at radius 3 is 2.43 bits per heavy atom. The van der Waals surface area contributed by atoms with Gasteiger partial charge >= 0.3 is 5.97 Å². The summed E-state index contributed by atoms with van der Waals surface area (Å²) in [6.45, 7) is 3.35. The van der Waals surface area contributed by atoms with Gasteiger partial charge in [-0.3, -0.25) is 9.59 Å². The van der Waals surface area contributed by atoms with Crippen LogP contribution >= 0.6 is 0 Å². The molecule has 116 valence electrons. The Balaban J connectivity index is 2.34. The van der Waals surface area contributed by atoms with E-state index in [1.807, 2.05) is 37.3 Å². The Bertz CT molecular complexity index is 904. The van der Waals surface area contributed by atoms with Crippen LogP contribution in [0.15, 0.2) is 46.9 Å². The van der Waals surface area contributed by atoms with Crippen molar-refractivity contribution in [1.82, 2.24) is 0 Å². The van der Waals surface area contributed by atoms with Gasteiger partial charge in [0.15, 0.2) is 5.78 Å². The summed E-state index contributed by atoms with van der Waals surface area (Å²) in [7, 11) is 0. The molecule has 0 radical (unpaired) electrons. The first-order chi connectivity index (χ1) is 11.0. The standard InChI is InChI=1S/C19H16O4/c1-11-8-14(12(2)20)9-15-16(10-17(21)22)19(23-18(11)15)13-6-4-3-5-7-13/h3-9H,10H2,1-2H3,(H,21,22). The van der Waals surface area contributed by atoms with E-state index >= 15 is 0 Å². The molecule has 0 aliphatic heterocycles. The molecule has 1 heterocycles. The van der Waals surface area contributed by atoms with E-state index < -0.39 is 5.97 Å². The minimum atomic E-state index is -0.934. The lowest BCUT2D eigenvalue weighted by atomic mass is 9.99. The number of hydrogen-bond acceptors (Lipinski definition) is 3. The second-order valence-electron chi connectivity index (χ2n) is 5.57. The van der Waals surface area contributed by atoms with Crippen LogP contribution in [0.1, 0.15) is 28.4 Å². The summed E-state index contributed by atoms with van der Waals surface area (Å²) in [6.07, 6.45) is -0.155. The predicted molar refractivity (Wildman–Crippen MR) is 87.7 cm³/mol. The van der Waals surface area contributed by atoms with E-state index in [-0.39, 0.29) is 12.2 Å². The smallest absolute Gasteiger partial charge is 0.307 e. The van der Waals surface area contributed by atoms with Gasteiger partial charge in [0.25, 0.3) is 0 Å². The SMILES string of the molecule is CC(=O)c1cc(C)c2oc(-c3ccccc3)c(CC(=O)O)c2c1. The van der Waals surface area contributed by atoms with Crippen LogP contribution in [0.4, 0.5) is 0 Å². The number of furan rings is 1. The maximum atomic E-state index is 11.7. The lowest BCUT2D eigenvalue weighted by Crippen LogP contribution is -2.01. The van der Waals surface area contributed by atoms with Gasteiger partial charge in [-0.2, -0.15) is 0 Å². The second kappa shape index (κ2) is 5.72. The predicted octanol–water partition coefficient (Wildman–Crippen LogP) is 4.24. The third kappa shape index (κ3) is 2.75. The number of hydrogen-bond donors (Lipinski definition) is 1. The summed E-state index contributed by atoms with van der Waals surface area (Å²) in [4.78, 5) is 23.0. The number of aryl methyl sites for hydroxylation is 1. The van der Waals surface area contributed by atoms with E-state index in [1.165, 1.54) is 6.92 Å². The molecule has 1 N–H and O–H groups in total. The van der Waals surface area contributed by atoms with E-state index in [0.717, 1.165) is 11.1 Å². The second-order valence-corrected chi connectivity index (χ2v) is 5.57.